The predicted molar refractivity (Wildman–Crippen MR) is 96.9 cm³/mol. The van der Waals surface area contributed by atoms with Crippen molar-refractivity contribution in [3.8, 4) is 11.5 Å². The number of benzene rings is 2. The van der Waals surface area contributed by atoms with E-state index in [9.17, 15) is 0 Å². The van der Waals surface area contributed by atoms with Crippen molar-refractivity contribution in [2.24, 2.45) is 5.73 Å². The van der Waals surface area contributed by atoms with E-state index in [-0.39, 0.29) is 6.04 Å². The van der Waals surface area contributed by atoms with E-state index in [1.807, 2.05) is 30.3 Å². The summed E-state index contributed by atoms with van der Waals surface area (Å²) in [6, 6.07) is 11.9. The van der Waals surface area contributed by atoms with E-state index in [4.69, 9.17) is 26.8 Å². The van der Waals surface area contributed by atoms with Crippen LogP contribution < -0.4 is 15.2 Å². The van der Waals surface area contributed by atoms with Gasteiger partial charge in [0.2, 0.25) is 0 Å². The van der Waals surface area contributed by atoms with Crippen LogP contribution in [0.2, 0.25) is 5.02 Å². The van der Waals surface area contributed by atoms with Crippen LogP contribution in [0.4, 0.5) is 0 Å². The first kappa shape index (κ1) is 17.1. The zero-order valence-corrected chi connectivity index (χ0v) is 14.8. The topological polar surface area (TPSA) is 47.7 Å². The minimum atomic E-state index is 0.232. The van der Waals surface area contributed by atoms with Gasteiger partial charge in [0.05, 0.1) is 7.11 Å². The van der Waals surface area contributed by atoms with Crippen LogP contribution in [-0.2, 0) is 6.54 Å². The lowest BCUT2D eigenvalue weighted by molar-refractivity contribution is 0.174. The van der Waals surface area contributed by atoms with Crippen molar-refractivity contribution in [1.29, 1.82) is 0 Å². The third-order valence-electron chi connectivity index (χ3n) is 4.66. The fourth-order valence-electron chi connectivity index (χ4n) is 3.24. The van der Waals surface area contributed by atoms with Crippen molar-refractivity contribution in [3.05, 3.63) is 58.1 Å². The summed E-state index contributed by atoms with van der Waals surface area (Å²) >= 11 is 6.26. The molecule has 1 unspecified atom stereocenters. The highest BCUT2D eigenvalue weighted by Crippen LogP contribution is 2.37. The molecule has 1 aliphatic rings. The summed E-state index contributed by atoms with van der Waals surface area (Å²) < 4.78 is 11.0. The average Bonchev–Trinajstić information content (AvgIpc) is 2.97. The Kier molecular flexibility index (Phi) is 5.29. The van der Waals surface area contributed by atoms with E-state index >= 15 is 0 Å². The van der Waals surface area contributed by atoms with E-state index in [2.05, 4.69) is 17.9 Å². The molecule has 5 heteroatoms. The molecule has 0 aliphatic carbocycles. The van der Waals surface area contributed by atoms with Gasteiger partial charge in [-0.05, 0) is 53.9 Å². The summed E-state index contributed by atoms with van der Waals surface area (Å²) in [6.07, 6.45) is 0. The van der Waals surface area contributed by atoms with E-state index in [0.29, 0.717) is 13.2 Å². The standard InChI is InChI=1S/C19H23ClN2O2/c1-13-17-12-22(19(11-21)16(17)7-8-18(13)20)9-10-24-15-5-3-14(23-2)4-6-15/h3-8,19H,9-12,21H2,1-2H3. The van der Waals surface area contributed by atoms with Gasteiger partial charge in [0.1, 0.15) is 18.1 Å². The lowest BCUT2D eigenvalue weighted by atomic mass is 10.0. The molecule has 1 aliphatic heterocycles. The van der Waals surface area contributed by atoms with Crippen LogP contribution in [0.5, 0.6) is 11.5 Å². The van der Waals surface area contributed by atoms with Gasteiger partial charge in [-0.15, -0.1) is 0 Å². The number of ether oxygens (including phenoxy) is 2. The first-order valence-electron chi connectivity index (χ1n) is 8.13. The summed E-state index contributed by atoms with van der Waals surface area (Å²) in [5.74, 6) is 1.67. The number of nitrogens with zero attached hydrogens (tertiary/aromatic N) is 1. The highest BCUT2D eigenvalue weighted by atomic mass is 35.5. The first-order chi connectivity index (χ1) is 11.6. The molecule has 24 heavy (non-hydrogen) atoms. The molecule has 0 fully saturated rings. The largest absolute Gasteiger partial charge is 0.497 e. The number of hydrogen-bond acceptors (Lipinski definition) is 4. The summed E-state index contributed by atoms with van der Waals surface area (Å²) in [5.41, 5.74) is 9.77. The Morgan fingerprint density at radius 1 is 1.17 bits per heavy atom. The molecule has 1 heterocycles. The molecule has 0 amide bonds. The molecule has 0 spiro atoms. The average molecular weight is 347 g/mol. The van der Waals surface area contributed by atoms with E-state index in [0.717, 1.165) is 35.2 Å². The van der Waals surface area contributed by atoms with Gasteiger partial charge in [-0.3, -0.25) is 4.90 Å². The minimum absolute atomic E-state index is 0.232. The van der Waals surface area contributed by atoms with Crippen LogP contribution in [0.25, 0.3) is 0 Å². The Morgan fingerprint density at radius 3 is 2.54 bits per heavy atom. The normalized spacial score (nSPS) is 16.9. The van der Waals surface area contributed by atoms with Gasteiger partial charge in [-0.1, -0.05) is 17.7 Å². The van der Waals surface area contributed by atoms with Crippen molar-refractivity contribution < 1.29 is 9.47 Å². The van der Waals surface area contributed by atoms with Gasteiger partial charge >= 0.3 is 0 Å². The molecule has 2 aromatic rings. The van der Waals surface area contributed by atoms with Crippen molar-refractivity contribution in [3.63, 3.8) is 0 Å². The second kappa shape index (κ2) is 7.43. The zero-order valence-electron chi connectivity index (χ0n) is 14.1. The molecule has 0 bridgehead atoms. The van der Waals surface area contributed by atoms with Crippen molar-refractivity contribution in [2.75, 3.05) is 26.8 Å². The monoisotopic (exact) mass is 346 g/mol. The minimum Gasteiger partial charge on any atom is -0.497 e. The van der Waals surface area contributed by atoms with Crippen molar-refractivity contribution >= 4 is 11.6 Å². The maximum atomic E-state index is 6.26. The van der Waals surface area contributed by atoms with Gasteiger partial charge in [-0.25, -0.2) is 0 Å². The Bertz CT molecular complexity index is 703. The van der Waals surface area contributed by atoms with Gasteiger partial charge in [0.25, 0.3) is 0 Å². The fourth-order valence-corrected chi connectivity index (χ4v) is 3.42. The number of hydrogen-bond donors (Lipinski definition) is 1. The Morgan fingerprint density at radius 2 is 1.88 bits per heavy atom. The summed E-state index contributed by atoms with van der Waals surface area (Å²) in [5, 5.41) is 0.820. The maximum Gasteiger partial charge on any atom is 0.119 e. The van der Waals surface area contributed by atoms with Gasteiger partial charge in [0.15, 0.2) is 0 Å². The van der Waals surface area contributed by atoms with E-state index in [1.165, 1.54) is 11.1 Å². The number of nitrogens with two attached hydrogens (primary N) is 1. The zero-order chi connectivity index (χ0) is 17.1. The molecule has 2 aromatic carbocycles. The molecular formula is C19H23ClN2O2. The summed E-state index contributed by atoms with van der Waals surface area (Å²) in [7, 11) is 1.65. The van der Waals surface area contributed by atoms with Crippen LogP contribution in [0.15, 0.2) is 36.4 Å². The Hall–Kier alpha value is -1.75. The number of halogens is 1. The summed E-state index contributed by atoms with van der Waals surface area (Å²) in [6.45, 7) is 4.97. The molecule has 4 nitrogen and oxygen atoms in total. The maximum absolute atomic E-state index is 6.26. The molecule has 128 valence electrons. The number of fused-ring (bicyclic) bond motifs is 1. The predicted octanol–water partition coefficient (Wildman–Crippen LogP) is 3.55. The van der Waals surface area contributed by atoms with Gasteiger partial charge < -0.3 is 15.2 Å². The molecule has 0 saturated carbocycles. The van der Waals surface area contributed by atoms with Crippen molar-refractivity contribution in [2.45, 2.75) is 19.5 Å². The number of methoxy groups -OCH3 is 1. The molecule has 1 atom stereocenters. The first-order valence-corrected chi connectivity index (χ1v) is 8.50. The molecule has 0 saturated heterocycles. The second-order valence-corrected chi connectivity index (χ2v) is 6.39. The third-order valence-corrected chi connectivity index (χ3v) is 5.07. The smallest absolute Gasteiger partial charge is 0.119 e. The van der Waals surface area contributed by atoms with E-state index < -0.39 is 0 Å². The van der Waals surface area contributed by atoms with E-state index in [1.54, 1.807) is 7.11 Å². The fraction of sp³-hybridized carbons (Fsp3) is 0.368. The molecule has 2 N–H and O–H groups in total. The van der Waals surface area contributed by atoms with Crippen LogP contribution >= 0.6 is 11.6 Å². The van der Waals surface area contributed by atoms with Gasteiger partial charge in [0, 0.05) is 30.7 Å². The molecule has 0 radical (unpaired) electrons. The highest BCUT2D eigenvalue weighted by Gasteiger charge is 2.30. The highest BCUT2D eigenvalue weighted by molar-refractivity contribution is 6.31. The lowest BCUT2D eigenvalue weighted by Gasteiger charge is -2.23. The molecule has 3 rings (SSSR count). The number of rotatable bonds is 6. The quantitative estimate of drug-likeness (QED) is 0.869. The van der Waals surface area contributed by atoms with Crippen molar-refractivity contribution in [1.82, 2.24) is 4.90 Å². The van der Waals surface area contributed by atoms with Crippen LogP contribution in [0.1, 0.15) is 22.7 Å². The molecule has 0 aromatic heterocycles. The SMILES string of the molecule is COc1ccc(OCCN2Cc3c(ccc(Cl)c3C)C2CN)cc1. The Labute approximate surface area is 148 Å². The summed E-state index contributed by atoms with van der Waals surface area (Å²) in [4.78, 5) is 2.36. The second-order valence-electron chi connectivity index (χ2n) is 5.99. The Balaban J connectivity index is 1.62. The third kappa shape index (κ3) is 3.36. The van der Waals surface area contributed by atoms with Crippen LogP contribution in [0.3, 0.4) is 0 Å². The van der Waals surface area contributed by atoms with Crippen LogP contribution in [0, 0.1) is 6.92 Å². The molecular weight excluding hydrogens is 324 g/mol. The van der Waals surface area contributed by atoms with Gasteiger partial charge in [-0.2, -0.15) is 0 Å². The van der Waals surface area contributed by atoms with Crippen LogP contribution in [-0.4, -0.2) is 31.7 Å². The lowest BCUT2D eigenvalue weighted by Crippen LogP contribution is -2.31.